The molecule has 1 heterocycles. The summed E-state index contributed by atoms with van der Waals surface area (Å²) in [5, 5.41) is 20.7. The lowest BCUT2D eigenvalue weighted by molar-refractivity contribution is -0.140. The van der Waals surface area contributed by atoms with Crippen LogP contribution in [0.2, 0.25) is 0 Å². The number of hydrogen-bond acceptors (Lipinski definition) is 7. The molecule has 35 heavy (non-hydrogen) atoms. The molecule has 1 aromatic heterocycles. The number of benzene rings is 2. The summed E-state index contributed by atoms with van der Waals surface area (Å²) in [4.78, 5) is 37.6. The molecule has 0 aliphatic heterocycles. The molecule has 12 heteroatoms. The van der Waals surface area contributed by atoms with Crippen LogP contribution < -0.4 is 16.4 Å². The summed E-state index contributed by atoms with van der Waals surface area (Å²) >= 11 is 0. The van der Waals surface area contributed by atoms with Gasteiger partial charge >= 0.3 is 5.97 Å². The molecule has 3 aromatic rings. The van der Waals surface area contributed by atoms with Crippen LogP contribution in [0.25, 0.3) is 22.4 Å². The van der Waals surface area contributed by atoms with Gasteiger partial charge in [-0.25, -0.2) is 4.98 Å². The summed E-state index contributed by atoms with van der Waals surface area (Å²) < 4.78 is 6.53. The number of carboxylic acids is 1. The topological polar surface area (TPSA) is 172 Å². The van der Waals surface area contributed by atoms with Gasteiger partial charge in [-0.3, -0.25) is 19.8 Å². The first kappa shape index (κ1) is 28.9. The molecule has 11 nitrogen and oxygen atoms in total. The molecule has 3 rings (SSSR count). The highest BCUT2D eigenvalue weighted by Crippen LogP contribution is 2.28. The minimum atomic E-state index is -0.833. The van der Waals surface area contributed by atoms with Gasteiger partial charge in [-0.05, 0) is 12.1 Å². The minimum Gasteiger partial charge on any atom is -0.481 e. The lowest BCUT2D eigenvalue weighted by atomic mass is 10.1. The summed E-state index contributed by atoms with van der Waals surface area (Å²) in [6.07, 6.45) is 0.101. The number of aromatic nitrogens is 2. The number of rotatable bonds is 7. The van der Waals surface area contributed by atoms with Crippen molar-refractivity contribution in [3.63, 3.8) is 0 Å². The number of aryl methyl sites for hydroxylation is 1. The molecular formula is C23H29ClN6O5. The van der Waals surface area contributed by atoms with E-state index in [1.54, 1.807) is 25.2 Å². The quantitative estimate of drug-likeness (QED) is 0.185. The van der Waals surface area contributed by atoms with Crippen LogP contribution in [0.3, 0.4) is 0 Å². The molecule has 2 aromatic carbocycles. The first-order valence-electron chi connectivity index (χ1n) is 10.3. The number of aliphatic carboxylic acids is 1. The van der Waals surface area contributed by atoms with Gasteiger partial charge in [-0.15, -0.1) is 12.4 Å². The highest BCUT2D eigenvalue weighted by atomic mass is 35.5. The van der Waals surface area contributed by atoms with Crippen molar-refractivity contribution in [2.75, 3.05) is 26.0 Å². The van der Waals surface area contributed by atoms with Gasteiger partial charge in [0.05, 0.1) is 30.1 Å². The Bertz CT molecular complexity index is 1220. The van der Waals surface area contributed by atoms with E-state index in [-0.39, 0.29) is 43.1 Å². The molecule has 1 amide bonds. The molecule has 0 aliphatic rings. The van der Waals surface area contributed by atoms with Crippen LogP contribution in [0.1, 0.15) is 29.3 Å². The number of imidazole rings is 1. The van der Waals surface area contributed by atoms with E-state index in [1.807, 2.05) is 29.8 Å². The van der Waals surface area contributed by atoms with Gasteiger partial charge in [0.15, 0.2) is 0 Å². The smallest absolute Gasteiger partial charge is 0.307 e. The zero-order chi connectivity index (χ0) is 25.4. The van der Waals surface area contributed by atoms with Crippen LogP contribution in [0.4, 0.5) is 5.69 Å². The average Bonchev–Trinajstić information content (AvgIpc) is 3.13. The number of ether oxygens (including phenoxy) is 1. The fourth-order valence-electron chi connectivity index (χ4n) is 3.17. The number of halogens is 1. The van der Waals surface area contributed by atoms with E-state index in [9.17, 15) is 9.59 Å². The number of carboxylic acid groups (broad SMARTS) is 1. The maximum Gasteiger partial charge on any atom is 0.307 e. The van der Waals surface area contributed by atoms with Crippen molar-refractivity contribution < 1.29 is 24.2 Å². The number of methoxy groups -OCH3 is 1. The van der Waals surface area contributed by atoms with Crippen LogP contribution in [0.5, 0.6) is 0 Å². The number of hydrogen-bond donors (Lipinski definition) is 5. The van der Waals surface area contributed by atoms with Crippen molar-refractivity contribution in [3.05, 3.63) is 47.5 Å². The highest BCUT2D eigenvalue weighted by molar-refractivity contribution is 6.04. The lowest BCUT2D eigenvalue weighted by Gasteiger charge is -2.10. The Morgan fingerprint density at radius 2 is 1.80 bits per heavy atom. The van der Waals surface area contributed by atoms with E-state index in [1.165, 1.54) is 7.11 Å². The van der Waals surface area contributed by atoms with Gasteiger partial charge in [0.1, 0.15) is 11.7 Å². The summed E-state index contributed by atoms with van der Waals surface area (Å²) in [5.74, 6) is -0.786. The van der Waals surface area contributed by atoms with E-state index >= 15 is 0 Å². The SMILES string of the molecule is CC(=O)O.CNc1cc2c(cc1C(=O)NCCC(=O)OC)nc(-c1ccc(C(=N)N)cc1)n2C.Cl. The van der Waals surface area contributed by atoms with Crippen LogP contribution in [-0.4, -0.2) is 59.0 Å². The van der Waals surface area contributed by atoms with E-state index in [0.717, 1.165) is 23.8 Å². The Labute approximate surface area is 208 Å². The molecule has 0 atom stereocenters. The van der Waals surface area contributed by atoms with E-state index in [2.05, 4.69) is 15.4 Å². The second kappa shape index (κ2) is 12.9. The second-order valence-corrected chi connectivity index (χ2v) is 7.22. The average molecular weight is 505 g/mol. The normalized spacial score (nSPS) is 9.83. The van der Waals surface area contributed by atoms with E-state index < -0.39 is 5.97 Å². The Morgan fingerprint density at radius 3 is 2.31 bits per heavy atom. The molecule has 0 spiro atoms. The molecule has 188 valence electrons. The zero-order valence-electron chi connectivity index (χ0n) is 19.8. The molecule has 6 N–H and O–H groups in total. The number of amides is 1. The third kappa shape index (κ3) is 7.44. The number of nitrogens with one attached hydrogen (secondary N) is 3. The summed E-state index contributed by atoms with van der Waals surface area (Å²) in [7, 11) is 4.95. The number of fused-ring (bicyclic) bond motifs is 1. The molecule has 0 aliphatic carbocycles. The van der Waals surface area contributed by atoms with Crippen molar-refractivity contribution in [3.8, 4) is 11.4 Å². The number of amidine groups is 1. The van der Waals surface area contributed by atoms with Crippen LogP contribution >= 0.6 is 12.4 Å². The number of carbonyl (C=O) groups excluding carboxylic acids is 2. The second-order valence-electron chi connectivity index (χ2n) is 7.22. The molecule has 0 radical (unpaired) electrons. The number of esters is 1. The third-order valence-corrected chi connectivity index (χ3v) is 4.83. The number of anilines is 1. The number of nitrogens with two attached hydrogens (primary N) is 1. The molecule has 0 unspecified atom stereocenters. The summed E-state index contributed by atoms with van der Waals surface area (Å²) in [6.45, 7) is 1.27. The van der Waals surface area contributed by atoms with Crippen molar-refractivity contribution in [1.82, 2.24) is 14.9 Å². The first-order chi connectivity index (χ1) is 16.1. The summed E-state index contributed by atoms with van der Waals surface area (Å²) in [6, 6.07) is 10.9. The molecule has 0 bridgehead atoms. The first-order valence-corrected chi connectivity index (χ1v) is 10.3. The standard InChI is InChI=1S/C21H24N6O3.C2H4O2.ClH/c1-24-15-11-17-16(10-14(15)21(29)25-9-8-18(28)30-3)26-20(27(17)2)13-6-4-12(5-7-13)19(22)23;1-2(3)4;/h4-7,10-11,24H,8-9H2,1-3H3,(H3,22,23)(H,25,29);1H3,(H,3,4);1H. The van der Waals surface area contributed by atoms with Crippen molar-refractivity contribution in [2.45, 2.75) is 13.3 Å². The van der Waals surface area contributed by atoms with Gasteiger partial charge < -0.3 is 30.8 Å². The summed E-state index contributed by atoms with van der Waals surface area (Å²) in [5.41, 5.74) is 9.64. The third-order valence-electron chi connectivity index (χ3n) is 4.83. The largest absolute Gasteiger partial charge is 0.481 e. The maximum absolute atomic E-state index is 12.6. The van der Waals surface area contributed by atoms with E-state index in [0.29, 0.717) is 22.3 Å². The van der Waals surface area contributed by atoms with Gasteiger partial charge in [0.2, 0.25) is 0 Å². The fraction of sp³-hybridized carbons (Fsp3) is 0.261. The Balaban J connectivity index is 0.00000114. The Kier molecular flexibility index (Phi) is 10.7. The van der Waals surface area contributed by atoms with Crippen molar-refractivity contribution >= 4 is 52.8 Å². The highest BCUT2D eigenvalue weighted by Gasteiger charge is 2.17. The fourth-order valence-corrected chi connectivity index (χ4v) is 3.17. The number of nitrogens with zero attached hydrogens (tertiary/aromatic N) is 2. The van der Waals surface area contributed by atoms with Crippen LogP contribution in [-0.2, 0) is 21.4 Å². The monoisotopic (exact) mass is 504 g/mol. The lowest BCUT2D eigenvalue weighted by Crippen LogP contribution is -2.27. The predicted octanol–water partition coefficient (Wildman–Crippen LogP) is 2.37. The molecule has 0 fully saturated rings. The Morgan fingerprint density at radius 1 is 1.20 bits per heavy atom. The Hall–Kier alpha value is -4.12. The molecule has 0 saturated carbocycles. The van der Waals surface area contributed by atoms with Crippen molar-refractivity contribution in [1.29, 1.82) is 5.41 Å². The predicted molar refractivity (Wildman–Crippen MR) is 136 cm³/mol. The van der Waals surface area contributed by atoms with E-state index in [4.69, 9.17) is 26.0 Å². The van der Waals surface area contributed by atoms with Crippen LogP contribution in [0, 0.1) is 5.41 Å². The van der Waals surface area contributed by atoms with Crippen LogP contribution in [0.15, 0.2) is 36.4 Å². The van der Waals surface area contributed by atoms with Gasteiger partial charge in [0, 0.05) is 44.4 Å². The van der Waals surface area contributed by atoms with Gasteiger partial charge in [-0.1, -0.05) is 24.3 Å². The minimum absolute atomic E-state index is 0. The molecule has 0 saturated heterocycles. The number of carbonyl (C=O) groups is 3. The number of nitrogen functional groups attached to an aromatic ring is 1. The molecular weight excluding hydrogens is 476 g/mol. The van der Waals surface area contributed by atoms with Gasteiger partial charge in [-0.2, -0.15) is 0 Å². The van der Waals surface area contributed by atoms with Crippen molar-refractivity contribution in [2.24, 2.45) is 12.8 Å². The zero-order valence-corrected chi connectivity index (χ0v) is 20.7. The van der Waals surface area contributed by atoms with Gasteiger partial charge in [0.25, 0.3) is 11.9 Å². The maximum atomic E-state index is 12.6.